The Balaban J connectivity index is 1.13. The van der Waals surface area contributed by atoms with Crippen LogP contribution in [0.3, 0.4) is 0 Å². The van der Waals surface area contributed by atoms with Gasteiger partial charge < -0.3 is 29.2 Å². The van der Waals surface area contributed by atoms with Gasteiger partial charge in [-0.2, -0.15) is 0 Å². The van der Waals surface area contributed by atoms with E-state index in [0.717, 1.165) is 69.4 Å². The van der Waals surface area contributed by atoms with Crippen molar-refractivity contribution in [3.05, 3.63) is 77.6 Å². The summed E-state index contributed by atoms with van der Waals surface area (Å²) in [6.45, 7) is 16.0. The van der Waals surface area contributed by atoms with Crippen LogP contribution in [0.25, 0.3) is 33.3 Å². The monoisotopic (exact) mass is 954 g/mol. The fourth-order valence-electron chi connectivity index (χ4n) is 10.9. The predicted octanol–water partition coefficient (Wildman–Crippen LogP) is 7.27. The second-order valence-electron chi connectivity index (χ2n) is 21.4. The number of nitrogens with zero attached hydrogens (tertiary/aromatic N) is 5. The third-order valence-corrected chi connectivity index (χ3v) is 15.0. The minimum Gasteiger partial charge on any atom is -0.464 e. The lowest BCUT2D eigenvalue weighted by Gasteiger charge is -2.37. The molecule has 14 nitrogen and oxygen atoms in total. The maximum absolute atomic E-state index is 14.8. The number of rotatable bonds is 9. The van der Waals surface area contributed by atoms with Crippen LogP contribution < -0.4 is 10.7 Å². The van der Waals surface area contributed by atoms with E-state index in [4.69, 9.17) is 14.5 Å². The Morgan fingerprint density at radius 1 is 1.00 bits per heavy atom. The topological polar surface area (TPSA) is 155 Å². The first-order valence-corrected chi connectivity index (χ1v) is 25.3. The number of fused-ring (bicyclic) bond motifs is 6. The number of carbonyl (C=O) groups is 5. The molecule has 4 amide bonds. The first-order chi connectivity index (χ1) is 33.4. The number of pyridine rings is 1. The van der Waals surface area contributed by atoms with E-state index in [0.29, 0.717) is 45.3 Å². The molecule has 0 spiro atoms. The SMILES string of the molecule is CCn1c(-c2cccnc2[C@H](C)OC)c2c3cc(ccc31)-c1cccc(c1)C[C@H](NC(=O)[C@H](C(C)C)N(C)C(=O)C1CCN(C(=O)C#CC3(C)CCC3)C1)C(=O)N1CCC[C@H](N1)C(=O)OCC(C)(C)C2. The summed E-state index contributed by atoms with van der Waals surface area (Å²) in [5.74, 6) is 3.37. The zero-order valence-corrected chi connectivity index (χ0v) is 42.5. The molecule has 2 N–H and O–H groups in total. The molecule has 1 saturated carbocycles. The van der Waals surface area contributed by atoms with Gasteiger partial charge in [0.05, 0.1) is 30.0 Å². The minimum atomic E-state index is -1.05. The van der Waals surface area contributed by atoms with Crippen LogP contribution in [0.2, 0.25) is 0 Å². The Kier molecular flexibility index (Phi) is 14.9. The van der Waals surface area contributed by atoms with Gasteiger partial charge >= 0.3 is 5.97 Å². The number of cyclic esters (lactones) is 1. The van der Waals surface area contributed by atoms with E-state index >= 15 is 0 Å². The largest absolute Gasteiger partial charge is 0.464 e. The molecule has 6 bridgehead atoms. The molecule has 3 aliphatic heterocycles. The summed E-state index contributed by atoms with van der Waals surface area (Å²) < 4.78 is 14.3. The Morgan fingerprint density at radius 3 is 2.49 bits per heavy atom. The van der Waals surface area contributed by atoms with Crippen molar-refractivity contribution >= 4 is 40.5 Å². The molecule has 4 aromatic rings. The van der Waals surface area contributed by atoms with Crippen molar-refractivity contribution in [2.24, 2.45) is 22.7 Å². The Hall–Kier alpha value is -6.04. The van der Waals surface area contributed by atoms with Crippen LogP contribution in [0.15, 0.2) is 60.8 Å². The second-order valence-corrected chi connectivity index (χ2v) is 21.4. The molecular formula is C56H71N7O7. The van der Waals surface area contributed by atoms with Crippen LogP contribution in [0.4, 0.5) is 0 Å². The molecule has 4 aliphatic rings. The average Bonchev–Trinajstić information content (AvgIpc) is 3.96. The lowest BCUT2D eigenvalue weighted by atomic mass is 9.71. The van der Waals surface area contributed by atoms with E-state index in [9.17, 15) is 24.0 Å². The number of aryl methyl sites for hydroxylation is 1. The number of likely N-dealkylation sites (N-methyl/N-ethyl adjacent to an activating group) is 1. The molecule has 14 heteroatoms. The van der Waals surface area contributed by atoms with Gasteiger partial charge in [-0.25, -0.2) is 5.43 Å². The van der Waals surface area contributed by atoms with Crippen molar-refractivity contribution in [2.75, 3.05) is 40.4 Å². The molecule has 0 radical (unpaired) electrons. The van der Waals surface area contributed by atoms with Crippen molar-refractivity contribution in [1.29, 1.82) is 0 Å². The summed E-state index contributed by atoms with van der Waals surface area (Å²) >= 11 is 0. The zero-order chi connectivity index (χ0) is 50.1. The van der Waals surface area contributed by atoms with Crippen molar-refractivity contribution < 1.29 is 33.4 Å². The summed E-state index contributed by atoms with van der Waals surface area (Å²) in [5.41, 5.74) is 10.4. The smallest absolute Gasteiger partial charge is 0.324 e. The molecular weight excluding hydrogens is 883 g/mol. The van der Waals surface area contributed by atoms with Gasteiger partial charge in [0.25, 0.3) is 11.8 Å². The quantitative estimate of drug-likeness (QED) is 0.130. The van der Waals surface area contributed by atoms with E-state index in [-0.39, 0.29) is 48.8 Å². The van der Waals surface area contributed by atoms with Gasteiger partial charge in [-0.3, -0.25) is 34.0 Å². The lowest BCUT2D eigenvalue weighted by molar-refractivity contribution is -0.155. The Labute approximate surface area is 413 Å². The van der Waals surface area contributed by atoms with Gasteiger partial charge in [-0.1, -0.05) is 70.4 Å². The van der Waals surface area contributed by atoms with Gasteiger partial charge in [0.2, 0.25) is 11.8 Å². The highest BCUT2D eigenvalue weighted by molar-refractivity contribution is 5.97. The molecule has 1 aliphatic carbocycles. The molecule has 5 heterocycles. The number of ether oxygens (including phenoxy) is 2. The first-order valence-electron chi connectivity index (χ1n) is 25.3. The number of benzene rings is 2. The van der Waals surface area contributed by atoms with Crippen LogP contribution in [0.1, 0.15) is 110 Å². The molecule has 70 heavy (non-hydrogen) atoms. The lowest BCUT2D eigenvalue weighted by Crippen LogP contribution is -2.62. The van der Waals surface area contributed by atoms with Gasteiger partial charge in [-0.05, 0) is 118 Å². The maximum atomic E-state index is 14.8. The van der Waals surface area contributed by atoms with Crippen LogP contribution in [0, 0.1) is 34.5 Å². The molecule has 2 aromatic carbocycles. The van der Waals surface area contributed by atoms with Crippen LogP contribution in [0.5, 0.6) is 0 Å². The zero-order valence-electron chi connectivity index (χ0n) is 42.5. The number of hydrogen-bond acceptors (Lipinski definition) is 9. The molecule has 372 valence electrons. The van der Waals surface area contributed by atoms with Crippen LogP contribution in [-0.2, 0) is 52.8 Å². The number of nitrogens with one attached hydrogen (secondary N) is 2. The van der Waals surface area contributed by atoms with E-state index < -0.39 is 47.2 Å². The van der Waals surface area contributed by atoms with E-state index in [1.807, 2.05) is 39.0 Å². The molecule has 2 aromatic heterocycles. The van der Waals surface area contributed by atoms with Gasteiger partial charge in [-0.15, -0.1) is 0 Å². The standard InChI is InChI=1S/C56H71N7O7/c1-10-62-46-20-19-39-31-42(46)43(50(62)41-17-12-26-57-48(41)36(4)69-9)32-55(5,6)34-70-54(68)44-18-13-27-63(59-44)53(67)45(30-37-15-11-16-38(39)29-37)58-51(65)49(35(2)3)60(8)52(66)40-22-28-61(33-40)47(64)21-25-56(7)23-14-24-56/h11-12,15-17,19-20,26,29,31,35-36,40,44-45,49,59H,10,13-14,18,22-24,27-28,30,32-34H2,1-9H3,(H,58,65)/t36-,40?,44-,45-,49-/m0/s1. The highest BCUT2D eigenvalue weighted by Crippen LogP contribution is 2.42. The fourth-order valence-corrected chi connectivity index (χ4v) is 10.9. The predicted molar refractivity (Wildman–Crippen MR) is 269 cm³/mol. The maximum Gasteiger partial charge on any atom is 0.324 e. The van der Waals surface area contributed by atoms with Gasteiger partial charge in [0.1, 0.15) is 18.1 Å². The van der Waals surface area contributed by atoms with Gasteiger partial charge in [0, 0.05) is 80.3 Å². The number of amides is 4. The molecule has 3 fully saturated rings. The number of aromatic nitrogens is 2. The molecule has 1 unspecified atom stereocenters. The third-order valence-electron chi connectivity index (χ3n) is 15.0. The van der Waals surface area contributed by atoms with Crippen molar-refractivity contribution in [1.82, 2.24) is 35.1 Å². The molecule has 8 rings (SSSR count). The number of hydrogen-bond donors (Lipinski definition) is 2. The number of hydrazine groups is 1. The first kappa shape index (κ1) is 50.4. The third kappa shape index (κ3) is 10.5. The fraction of sp³-hybridized carbons (Fsp3) is 0.536. The molecule has 5 atom stereocenters. The average molecular weight is 954 g/mol. The van der Waals surface area contributed by atoms with Gasteiger partial charge in [0.15, 0.2) is 0 Å². The van der Waals surface area contributed by atoms with E-state index in [1.54, 1.807) is 25.3 Å². The highest BCUT2D eigenvalue weighted by Gasteiger charge is 2.41. The second kappa shape index (κ2) is 20.7. The van der Waals surface area contributed by atoms with E-state index in [2.05, 4.69) is 91.2 Å². The minimum absolute atomic E-state index is 0.117. The van der Waals surface area contributed by atoms with Crippen molar-refractivity contribution in [3.63, 3.8) is 0 Å². The summed E-state index contributed by atoms with van der Waals surface area (Å²) in [7, 11) is 3.32. The number of carbonyl (C=O) groups excluding carboxylic acids is 5. The summed E-state index contributed by atoms with van der Waals surface area (Å²) in [6.07, 6.45) is 6.85. The normalized spacial score (nSPS) is 22.0. The summed E-state index contributed by atoms with van der Waals surface area (Å²) in [4.78, 5) is 78.6. The number of likely N-dealkylation sites (tertiary alicyclic amines) is 1. The van der Waals surface area contributed by atoms with Crippen molar-refractivity contribution in [3.8, 4) is 34.2 Å². The Morgan fingerprint density at radius 2 is 1.77 bits per heavy atom. The number of methoxy groups -OCH3 is 1. The van der Waals surface area contributed by atoms with Crippen LogP contribution in [-0.4, -0.2) is 112 Å². The van der Waals surface area contributed by atoms with Crippen molar-refractivity contribution in [2.45, 2.75) is 131 Å². The van der Waals surface area contributed by atoms with E-state index in [1.165, 1.54) is 9.91 Å². The Bertz CT molecular complexity index is 2710. The number of esters is 1. The summed E-state index contributed by atoms with van der Waals surface area (Å²) in [5, 5.41) is 5.61. The molecule has 2 saturated heterocycles. The summed E-state index contributed by atoms with van der Waals surface area (Å²) in [6, 6.07) is 15.9. The van der Waals surface area contributed by atoms with Crippen LogP contribution >= 0.6 is 0 Å². The highest BCUT2D eigenvalue weighted by atomic mass is 16.5.